The van der Waals surface area contributed by atoms with Gasteiger partial charge in [0.1, 0.15) is 0 Å². The molecular formula is C21H35NO. The zero-order chi connectivity index (χ0) is 17.2. The maximum Gasteiger partial charge on any atom is 0.252 e. The van der Waals surface area contributed by atoms with Gasteiger partial charge in [0.05, 0.1) is 0 Å². The van der Waals surface area contributed by atoms with Crippen LogP contribution < -0.4 is 5.32 Å². The van der Waals surface area contributed by atoms with E-state index in [1.165, 1.54) is 32.1 Å². The minimum atomic E-state index is 0.116. The summed E-state index contributed by atoms with van der Waals surface area (Å²) in [6, 6.07) is 0.357. The fraction of sp³-hybridized carbons (Fsp3) is 0.667. The van der Waals surface area contributed by atoms with Crippen LogP contribution in [-0.2, 0) is 4.79 Å². The van der Waals surface area contributed by atoms with Crippen LogP contribution in [0, 0.1) is 5.92 Å². The highest BCUT2D eigenvalue weighted by Gasteiger charge is 2.20. The van der Waals surface area contributed by atoms with E-state index in [0.717, 1.165) is 29.6 Å². The smallest absolute Gasteiger partial charge is 0.252 e. The molecule has 1 fully saturated rings. The number of carbonyl (C=O) groups is 1. The highest BCUT2D eigenvalue weighted by atomic mass is 16.1. The molecule has 0 spiro atoms. The SMILES string of the molecule is CC.CC1=CC(C)C=CC(C)=C1C(=O)NC1CCCCCCC1. The van der Waals surface area contributed by atoms with Crippen LogP contribution in [0.3, 0.4) is 0 Å². The number of hydrogen-bond donors (Lipinski definition) is 1. The molecule has 1 atom stereocenters. The summed E-state index contributed by atoms with van der Waals surface area (Å²) < 4.78 is 0. The number of nitrogens with one attached hydrogen (secondary N) is 1. The van der Waals surface area contributed by atoms with Crippen molar-refractivity contribution in [1.82, 2.24) is 5.32 Å². The third-order valence-corrected chi connectivity index (χ3v) is 4.62. The molecule has 0 aromatic heterocycles. The molecule has 0 saturated heterocycles. The summed E-state index contributed by atoms with van der Waals surface area (Å²) >= 11 is 0. The van der Waals surface area contributed by atoms with Gasteiger partial charge in [0.25, 0.3) is 5.91 Å². The first-order valence-electron chi connectivity index (χ1n) is 9.46. The van der Waals surface area contributed by atoms with Crippen molar-refractivity contribution >= 4 is 5.91 Å². The van der Waals surface area contributed by atoms with E-state index >= 15 is 0 Å². The predicted molar refractivity (Wildman–Crippen MR) is 100 cm³/mol. The average molecular weight is 318 g/mol. The lowest BCUT2D eigenvalue weighted by Crippen LogP contribution is -2.36. The molecule has 2 aliphatic carbocycles. The zero-order valence-corrected chi connectivity index (χ0v) is 15.7. The topological polar surface area (TPSA) is 29.1 Å². The van der Waals surface area contributed by atoms with Gasteiger partial charge in [-0.25, -0.2) is 0 Å². The normalized spacial score (nSPS) is 23.0. The molecule has 0 aliphatic heterocycles. The van der Waals surface area contributed by atoms with E-state index in [9.17, 15) is 4.79 Å². The fourth-order valence-electron chi connectivity index (χ4n) is 3.44. The van der Waals surface area contributed by atoms with Crippen molar-refractivity contribution in [3.05, 3.63) is 34.9 Å². The molecule has 1 saturated carbocycles. The first kappa shape index (κ1) is 19.7. The number of hydrogen-bond acceptors (Lipinski definition) is 1. The largest absolute Gasteiger partial charge is 0.349 e. The van der Waals surface area contributed by atoms with Crippen molar-refractivity contribution < 1.29 is 4.79 Å². The molecule has 2 aliphatic rings. The Morgan fingerprint density at radius 2 is 1.61 bits per heavy atom. The Morgan fingerprint density at radius 1 is 1.04 bits per heavy atom. The molecule has 2 heteroatoms. The maximum absolute atomic E-state index is 12.7. The Balaban J connectivity index is 0.00000127. The van der Waals surface area contributed by atoms with E-state index in [1.807, 2.05) is 20.8 Å². The lowest BCUT2D eigenvalue weighted by Gasteiger charge is -2.22. The second kappa shape index (κ2) is 10.5. The second-order valence-electron chi connectivity index (χ2n) is 6.64. The molecular weight excluding hydrogens is 282 g/mol. The van der Waals surface area contributed by atoms with Crippen LogP contribution in [0.25, 0.3) is 0 Å². The van der Waals surface area contributed by atoms with E-state index in [0.29, 0.717) is 12.0 Å². The molecule has 0 aromatic rings. The highest BCUT2D eigenvalue weighted by molar-refractivity contribution is 5.99. The standard InChI is InChI=1S/C19H29NO.C2H6/c1-14-11-12-15(2)18(16(3)13-14)19(21)20-17-9-7-5-4-6-8-10-17;1-2/h11-14,17H,4-10H2,1-3H3,(H,20,21);1-2H3. The summed E-state index contributed by atoms with van der Waals surface area (Å²) in [5.41, 5.74) is 3.06. The highest BCUT2D eigenvalue weighted by Crippen LogP contribution is 2.24. The minimum absolute atomic E-state index is 0.116. The first-order valence-corrected chi connectivity index (χ1v) is 9.46. The third kappa shape index (κ3) is 6.37. The van der Waals surface area contributed by atoms with Crippen molar-refractivity contribution in [2.24, 2.45) is 5.92 Å². The molecule has 1 N–H and O–H groups in total. The van der Waals surface area contributed by atoms with Crippen LogP contribution in [0.5, 0.6) is 0 Å². The molecule has 1 amide bonds. The van der Waals surface area contributed by atoms with Gasteiger partial charge in [0, 0.05) is 11.6 Å². The molecule has 130 valence electrons. The molecule has 0 radical (unpaired) electrons. The van der Waals surface area contributed by atoms with Gasteiger partial charge >= 0.3 is 0 Å². The summed E-state index contributed by atoms with van der Waals surface area (Å²) in [4.78, 5) is 12.7. The molecule has 0 bridgehead atoms. The molecule has 23 heavy (non-hydrogen) atoms. The van der Waals surface area contributed by atoms with Gasteiger partial charge < -0.3 is 5.32 Å². The average Bonchev–Trinajstić information content (AvgIpc) is 2.62. The maximum atomic E-state index is 12.7. The summed E-state index contributed by atoms with van der Waals surface area (Å²) in [6.07, 6.45) is 15.2. The van der Waals surface area contributed by atoms with Crippen molar-refractivity contribution in [3.63, 3.8) is 0 Å². The number of allylic oxidation sites excluding steroid dienone is 4. The van der Waals surface area contributed by atoms with E-state index in [4.69, 9.17) is 0 Å². The van der Waals surface area contributed by atoms with E-state index in [2.05, 4.69) is 37.4 Å². The van der Waals surface area contributed by atoms with Gasteiger partial charge in [-0.15, -0.1) is 0 Å². The second-order valence-corrected chi connectivity index (χ2v) is 6.64. The van der Waals surface area contributed by atoms with Crippen molar-refractivity contribution in [2.75, 3.05) is 0 Å². The summed E-state index contributed by atoms with van der Waals surface area (Å²) in [5, 5.41) is 3.29. The van der Waals surface area contributed by atoms with Crippen molar-refractivity contribution in [2.45, 2.75) is 85.6 Å². The minimum Gasteiger partial charge on any atom is -0.349 e. The van der Waals surface area contributed by atoms with Crippen molar-refractivity contribution in [1.29, 1.82) is 0 Å². The van der Waals surface area contributed by atoms with Gasteiger partial charge in [-0.3, -0.25) is 4.79 Å². The number of amides is 1. The van der Waals surface area contributed by atoms with E-state index in [-0.39, 0.29) is 5.91 Å². The van der Waals surface area contributed by atoms with Crippen LogP contribution in [0.15, 0.2) is 34.9 Å². The quantitative estimate of drug-likeness (QED) is 0.694. The number of carbonyl (C=O) groups excluding carboxylic acids is 1. The Labute approximate surface area is 143 Å². The van der Waals surface area contributed by atoms with Gasteiger partial charge in [0.2, 0.25) is 0 Å². The summed E-state index contributed by atoms with van der Waals surface area (Å²) in [5.74, 6) is 0.511. The predicted octanol–water partition coefficient (Wildman–Crippen LogP) is 5.71. The van der Waals surface area contributed by atoms with Crippen LogP contribution in [-0.4, -0.2) is 11.9 Å². The molecule has 2 nitrogen and oxygen atoms in total. The van der Waals surface area contributed by atoms with Crippen LogP contribution >= 0.6 is 0 Å². The zero-order valence-electron chi connectivity index (χ0n) is 15.7. The summed E-state index contributed by atoms with van der Waals surface area (Å²) in [6.45, 7) is 10.3. The summed E-state index contributed by atoms with van der Waals surface area (Å²) in [7, 11) is 0. The van der Waals surface area contributed by atoms with Gasteiger partial charge in [0.15, 0.2) is 0 Å². The monoisotopic (exact) mass is 317 g/mol. The van der Waals surface area contributed by atoms with E-state index in [1.54, 1.807) is 0 Å². The molecule has 2 rings (SSSR count). The van der Waals surface area contributed by atoms with Gasteiger partial charge in [-0.2, -0.15) is 0 Å². The fourth-order valence-corrected chi connectivity index (χ4v) is 3.44. The number of rotatable bonds is 2. The van der Waals surface area contributed by atoms with Crippen LogP contribution in [0.1, 0.15) is 79.6 Å². The van der Waals surface area contributed by atoms with Crippen LogP contribution in [0.4, 0.5) is 0 Å². The third-order valence-electron chi connectivity index (χ3n) is 4.62. The van der Waals surface area contributed by atoms with Crippen LogP contribution in [0.2, 0.25) is 0 Å². The lowest BCUT2D eigenvalue weighted by molar-refractivity contribution is -0.118. The lowest BCUT2D eigenvalue weighted by atomic mass is 9.95. The Bertz CT molecular complexity index is 462. The Kier molecular flexibility index (Phi) is 8.98. The van der Waals surface area contributed by atoms with Crippen molar-refractivity contribution in [3.8, 4) is 0 Å². The van der Waals surface area contributed by atoms with Gasteiger partial charge in [-0.1, -0.05) is 71.1 Å². The molecule has 0 heterocycles. The van der Waals surface area contributed by atoms with Gasteiger partial charge in [-0.05, 0) is 43.8 Å². The Hall–Kier alpha value is -1.31. The molecule has 0 aromatic carbocycles. The van der Waals surface area contributed by atoms with E-state index < -0.39 is 0 Å². The first-order chi connectivity index (χ1) is 11.1. The Morgan fingerprint density at radius 3 is 2.22 bits per heavy atom. The molecule has 1 unspecified atom stereocenters.